The third kappa shape index (κ3) is 7.55. The van der Waals surface area contributed by atoms with E-state index in [1.165, 1.54) is 16.2 Å². The SMILES string of the molecule is CC(C)C(CC(=O)c1nc(CO[SiH](C)C)cs1)N(C)C(=O)OC(C)(C)C. The van der Waals surface area contributed by atoms with Crippen LogP contribution < -0.4 is 0 Å². The molecule has 1 aromatic rings. The Labute approximate surface area is 162 Å². The van der Waals surface area contributed by atoms with Crippen LogP contribution in [0.2, 0.25) is 13.1 Å². The first-order valence-electron chi connectivity index (χ1n) is 8.95. The van der Waals surface area contributed by atoms with E-state index in [9.17, 15) is 9.59 Å². The lowest BCUT2D eigenvalue weighted by atomic mass is 9.97. The largest absolute Gasteiger partial charge is 0.444 e. The van der Waals surface area contributed by atoms with E-state index in [0.29, 0.717) is 11.6 Å². The molecule has 8 heteroatoms. The Kier molecular flexibility index (Phi) is 8.43. The highest BCUT2D eigenvalue weighted by molar-refractivity contribution is 7.11. The summed E-state index contributed by atoms with van der Waals surface area (Å²) in [5, 5.41) is 2.34. The van der Waals surface area contributed by atoms with Gasteiger partial charge in [0, 0.05) is 24.9 Å². The van der Waals surface area contributed by atoms with Crippen LogP contribution in [0.5, 0.6) is 0 Å². The monoisotopic (exact) mass is 400 g/mol. The topological polar surface area (TPSA) is 68.7 Å². The summed E-state index contributed by atoms with van der Waals surface area (Å²) >= 11 is 1.33. The number of carbonyl (C=O) groups excluding carboxylic acids is 2. The van der Waals surface area contributed by atoms with Gasteiger partial charge in [-0.3, -0.25) is 4.79 Å². The molecule has 1 amide bonds. The highest BCUT2D eigenvalue weighted by Crippen LogP contribution is 2.21. The van der Waals surface area contributed by atoms with Gasteiger partial charge in [0.2, 0.25) is 0 Å². The third-order valence-corrected chi connectivity index (χ3v) is 5.46. The van der Waals surface area contributed by atoms with Gasteiger partial charge in [-0.05, 0) is 39.8 Å². The van der Waals surface area contributed by atoms with E-state index >= 15 is 0 Å². The lowest BCUT2D eigenvalue weighted by Crippen LogP contribution is -2.44. The molecule has 0 fully saturated rings. The van der Waals surface area contributed by atoms with Crippen molar-refractivity contribution < 1.29 is 18.8 Å². The molecule has 148 valence electrons. The predicted molar refractivity (Wildman–Crippen MR) is 107 cm³/mol. The zero-order valence-corrected chi connectivity index (χ0v) is 19.1. The Morgan fingerprint density at radius 3 is 2.42 bits per heavy atom. The van der Waals surface area contributed by atoms with Crippen LogP contribution in [0.3, 0.4) is 0 Å². The average molecular weight is 401 g/mol. The van der Waals surface area contributed by atoms with Crippen molar-refractivity contribution in [1.82, 2.24) is 9.88 Å². The Balaban J connectivity index is 2.77. The van der Waals surface area contributed by atoms with Crippen LogP contribution in [0.4, 0.5) is 4.79 Å². The summed E-state index contributed by atoms with van der Waals surface area (Å²) in [5.41, 5.74) is 0.224. The lowest BCUT2D eigenvalue weighted by molar-refractivity contribution is 0.0174. The van der Waals surface area contributed by atoms with Crippen LogP contribution in [0.25, 0.3) is 0 Å². The van der Waals surface area contributed by atoms with Crippen molar-refractivity contribution in [3.05, 3.63) is 16.1 Å². The molecule has 1 unspecified atom stereocenters. The number of ether oxygens (including phenoxy) is 1. The maximum atomic E-state index is 12.7. The summed E-state index contributed by atoms with van der Waals surface area (Å²) < 4.78 is 11.1. The number of aromatic nitrogens is 1. The molecule has 1 aromatic heterocycles. The third-order valence-electron chi connectivity index (χ3n) is 3.70. The maximum absolute atomic E-state index is 12.7. The normalized spacial score (nSPS) is 13.2. The molecule has 0 bridgehead atoms. The van der Waals surface area contributed by atoms with Crippen LogP contribution in [0, 0.1) is 5.92 Å². The second kappa shape index (κ2) is 9.62. The van der Waals surface area contributed by atoms with Gasteiger partial charge in [0.25, 0.3) is 0 Å². The van der Waals surface area contributed by atoms with Crippen molar-refractivity contribution in [2.45, 2.75) is 72.4 Å². The van der Waals surface area contributed by atoms with Gasteiger partial charge < -0.3 is 14.1 Å². The summed E-state index contributed by atoms with van der Waals surface area (Å²) in [6.45, 7) is 14.1. The quantitative estimate of drug-likeness (QED) is 0.485. The molecule has 0 aliphatic rings. The smallest absolute Gasteiger partial charge is 0.410 e. The van der Waals surface area contributed by atoms with Crippen LogP contribution in [-0.2, 0) is 15.8 Å². The minimum atomic E-state index is -1.11. The Bertz CT molecular complexity index is 611. The summed E-state index contributed by atoms with van der Waals surface area (Å²) in [4.78, 5) is 30.9. The molecular formula is C18H32N2O4SSi. The van der Waals surface area contributed by atoms with E-state index in [4.69, 9.17) is 9.16 Å². The molecule has 1 heterocycles. The van der Waals surface area contributed by atoms with Gasteiger partial charge in [-0.1, -0.05) is 13.8 Å². The van der Waals surface area contributed by atoms with Crippen molar-refractivity contribution >= 4 is 32.3 Å². The zero-order chi connectivity index (χ0) is 20.1. The minimum Gasteiger partial charge on any atom is -0.444 e. The first-order valence-corrected chi connectivity index (χ1v) is 12.6. The van der Waals surface area contributed by atoms with Crippen LogP contribution in [-0.4, -0.2) is 49.5 Å². The number of rotatable bonds is 8. The second-order valence-electron chi connectivity index (χ2n) is 8.03. The lowest BCUT2D eigenvalue weighted by Gasteiger charge is -2.32. The highest BCUT2D eigenvalue weighted by Gasteiger charge is 2.30. The average Bonchev–Trinajstić information content (AvgIpc) is 2.96. The molecule has 6 nitrogen and oxygen atoms in total. The number of hydrogen-bond donors (Lipinski definition) is 0. The van der Waals surface area contributed by atoms with Gasteiger partial charge in [0.1, 0.15) is 5.60 Å². The molecule has 0 aromatic carbocycles. The predicted octanol–water partition coefficient (Wildman–Crippen LogP) is 4.11. The summed E-state index contributed by atoms with van der Waals surface area (Å²) in [7, 11) is 0.567. The fourth-order valence-corrected chi connectivity index (χ4v) is 3.58. The molecule has 0 aliphatic heterocycles. The number of Topliss-reactive ketones (excluding diaryl/α,β-unsaturated/α-hetero) is 1. The van der Waals surface area contributed by atoms with E-state index in [1.807, 2.05) is 40.0 Å². The van der Waals surface area contributed by atoms with E-state index in [2.05, 4.69) is 18.1 Å². The van der Waals surface area contributed by atoms with Gasteiger partial charge in [0.15, 0.2) is 19.8 Å². The Morgan fingerprint density at radius 2 is 1.92 bits per heavy atom. The van der Waals surface area contributed by atoms with Crippen molar-refractivity contribution in [2.24, 2.45) is 5.92 Å². The molecule has 26 heavy (non-hydrogen) atoms. The van der Waals surface area contributed by atoms with Crippen molar-refractivity contribution in [3.8, 4) is 0 Å². The first kappa shape index (κ1) is 22.8. The number of carbonyl (C=O) groups is 2. The standard InChI is InChI=1S/C18H32N2O4SSi/c1-12(2)14(20(6)17(22)24-18(3,4)5)9-15(21)16-19-13(11-25-16)10-23-26(7)8/h11-12,14,26H,9-10H2,1-8H3. The van der Waals surface area contributed by atoms with Crippen molar-refractivity contribution in [3.63, 3.8) is 0 Å². The van der Waals surface area contributed by atoms with E-state index in [0.717, 1.165) is 5.69 Å². The van der Waals surface area contributed by atoms with Crippen molar-refractivity contribution in [1.29, 1.82) is 0 Å². The summed E-state index contributed by atoms with van der Waals surface area (Å²) in [5.74, 6) is 0.0586. The first-order chi connectivity index (χ1) is 11.9. The molecule has 1 rings (SSSR count). The number of nitrogens with zero attached hydrogens (tertiary/aromatic N) is 2. The van der Waals surface area contributed by atoms with Gasteiger partial charge >= 0.3 is 6.09 Å². The molecular weight excluding hydrogens is 368 g/mol. The number of hydrogen-bond acceptors (Lipinski definition) is 6. The van der Waals surface area contributed by atoms with Crippen LogP contribution in [0.1, 0.15) is 56.5 Å². The molecule has 0 spiro atoms. The summed E-state index contributed by atoms with van der Waals surface area (Å²) in [6.07, 6.45) is -0.195. The van der Waals surface area contributed by atoms with Gasteiger partial charge in [-0.2, -0.15) is 0 Å². The number of thiazole rings is 1. The molecule has 0 N–H and O–H groups in total. The maximum Gasteiger partial charge on any atom is 0.410 e. The number of ketones is 1. The second-order valence-corrected chi connectivity index (χ2v) is 11.3. The van der Waals surface area contributed by atoms with E-state index < -0.39 is 20.7 Å². The van der Waals surface area contributed by atoms with E-state index in [-0.39, 0.29) is 24.2 Å². The van der Waals surface area contributed by atoms with Gasteiger partial charge in [0.05, 0.1) is 12.3 Å². The Hall–Kier alpha value is -1.25. The zero-order valence-electron chi connectivity index (χ0n) is 17.2. The van der Waals surface area contributed by atoms with Gasteiger partial charge in [-0.15, -0.1) is 11.3 Å². The van der Waals surface area contributed by atoms with Crippen LogP contribution in [0.15, 0.2) is 5.38 Å². The highest BCUT2D eigenvalue weighted by atomic mass is 32.1. The van der Waals surface area contributed by atoms with Crippen molar-refractivity contribution in [2.75, 3.05) is 7.05 Å². The molecule has 0 radical (unpaired) electrons. The fraction of sp³-hybridized carbons (Fsp3) is 0.722. The molecule has 1 atom stereocenters. The van der Waals surface area contributed by atoms with Crippen LogP contribution >= 0.6 is 11.3 Å². The summed E-state index contributed by atoms with van der Waals surface area (Å²) in [6, 6.07) is -0.246. The minimum absolute atomic E-state index is 0.0582. The fourth-order valence-electron chi connectivity index (χ4n) is 2.32. The molecule has 0 saturated heterocycles. The van der Waals surface area contributed by atoms with Gasteiger partial charge in [-0.25, -0.2) is 9.78 Å². The number of amides is 1. The molecule has 0 saturated carbocycles. The van der Waals surface area contributed by atoms with E-state index in [1.54, 1.807) is 7.05 Å². The molecule has 0 aliphatic carbocycles. The Morgan fingerprint density at radius 1 is 1.31 bits per heavy atom.